The van der Waals surface area contributed by atoms with E-state index in [0.29, 0.717) is 5.41 Å². The van der Waals surface area contributed by atoms with Crippen LogP contribution in [0.25, 0.3) is 0 Å². The molecule has 96 valence electrons. The van der Waals surface area contributed by atoms with Crippen molar-refractivity contribution < 1.29 is 0 Å². The summed E-state index contributed by atoms with van der Waals surface area (Å²) in [6.45, 7) is 9.40. The van der Waals surface area contributed by atoms with Crippen molar-refractivity contribution in [3.8, 4) is 0 Å². The van der Waals surface area contributed by atoms with Crippen molar-refractivity contribution in [3.63, 3.8) is 0 Å². The Balaban J connectivity index is 1.95. The van der Waals surface area contributed by atoms with Gasteiger partial charge in [-0.05, 0) is 48.6 Å². The quantitative estimate of drug-likeness (QED) is 0.671. The molecule has 3 aliphatic carbocycles. The number of nitrogens with zero attached hydrogens (tertiary/aromatic N) is 1. The highest BCUT2D eigenvalue weighted by molar-refractivity contribution is 5.92. The monoisotopic (exact) mass is 241 g/mol. The lowest BCUT2D eigenvalue weighted by Gasteiger charge is -2.59. The summed E-state index contributed by atoms with van der Waals surface area (Å²) < 4.78 is 0. The summed E-state index contributed by atoms with van der Waals surface area (Å²) in [6, 6.07) is 8.48. The van der Waals surface area contributed by atoms with Crippen LogP contribution in [-0.2, 0) is 0 Å². The molecule has 0 amide bonds. The number of rotatable bonds is 1. The second-order valence-corrected chi connectivity index (χ2v) is 6.79. The second-order valence-electron chi connectivity index (χ2n) is 6.79. The molecule has 18 heavy (non-hydrogen) atoms. The van der Waals surface area contributed by atoms with Gasteiger partial charge in [-0.1, -0.05) is 39.0 Å². The zero-order valence-electron chi connectivity index (χ0n) is 11.9. The molecule has 3 atom stereocenters. The van der Waals surface area contributed by atoms with Gasteiger partial charge in [0.25, 0.3) is 0 Å². The third-order valence-electron chi connectivity index (χ3n) is 5.34. The summed E-state index contributed by atoms with van der Waals surface area (Å²) in [7, 11) is 0. The van der Waals surface area contributed by atoms with Crippen LogP contribution < -0.4 is 0 Å². The molecule has 0 spiro atoms. The molecular formula is C17H23N. The van der Waals surface area contributed by atoms with Crippen molar-refractivity contribution in [3.05, 3.63) is 29.8 Å². The van der Waals surface area contributed by atoms with Gasteiger partial charge >= 0.3 is 0 Å². The molecular weight excluding hydrogens is 218 g/mol. The van der Waals surface area contributed by atoms with E-state index >= 15 is 0 Å². The molecule has 3 saturated carbocycles. The van der Waals surface area contributed by atoms with Crippen LogP contribution in [0.15, 0.2) is 29.3 Å². The van der Waals surface area contributed by atoms with E-state index in [-0.39, 0.29) is 0 Å². The van der Waals surface area contributed by atoms with Gasteiger partial charge in [-0.2, -0.15) is 0 Å². The molecule has 3 unspecified atom stereocenters. The molecule has 3 aliphatic rings. The van der Waals surface area contributed by atoms with E-state index in [9.17, 15) is 0 Å². The van der Waals surface area contributed by atoms with E-state index in [4.69, 9.17) is 4.99 Å². The lowest BCUT2D eigenvalue weighted by Crippen LogP contribution is -2.56. The number of aryl methyl sites for hydroxylation is 1. The normalized spacial score (nSPS) is 35.3. The predicted molar refractivity (Wildman–Crippen MR) is 77.4 cm³/mol. The zero-order chi connectivity index (χ0) is 12.9. The molecule has 0 N–H and O–H groups in total. The minimum absolute atomic E-state index is 0.471. The standard InChI is InChI=1S/C17H23N/c1-11-7-5-6-8-15(11)18-16-9-12(2)13-10-14(16)17(13,3)4/h5-8,12-14H,9-10H2,1-4H3. The zero-order valence-corrected chi connectivity index (χ0v) is 11.9. The maximum atomic E-state index is 5.00. The maximum absolute atomic E-state index is 5.00. The minimum atomic E-state index is 0.471. The number of hydrogen-bond donors (Lipinski definition) is 0. The summed E-state index contributed by atoms with van der Waals surface area (Å²) in [5, 5.41) is 0. The molecule has 1 aromatic carbocycles. The topological polar surface area (TPSA) is 12.4 Å². The summed E-state index contributed by atoms with van der Waals surface area (Å²) in [6.07, 6.45) is 2.56. The second kappa shape index (κ2) is 3.94. The molecule has 0 aromatic heterocycles. The molecule has 0 radical (unpaired) electrons. The van der Waals surface area contributed by atoms with E-state index in [2.05, 4.69) is 52.0 Å². The summed E-state index contributed by atoms with van der Waals surface area (Å²) >= 11 is 0. The van der Waals surface area contributed by atoms with Crippen molar-refractivity contribution >= 4 is 11.4 Å². The fraction of sp³-hybridized carbons (Fsp3) is 0.588. The number of para-hydroxylation sites is 1. The van der Waals surface area contributed by atoms with Gasteiger partial charge in [0.1, 0.15) is 0 Å². The van der Waals surface area contributed by atoms with Crippen LogP contribution in [0.4, 0.5) is 5.69 Å². The SMILES string of the molecule is Cc1ccccc1N=C1CC(C)C2CC1C2(C)C. The smallest absolute Gasteiger partial charge is 0.0658 e. The Morgan fingerprint density at radius 2 is 1.94 bits per heavy atom. The Kier molecular flexibility index (Phi) is 2.62. The van der Waals surface area contributed by atoms with Gasteiger partial charge in [0, 0.05) is 11.6 Å². The van der Waals surface area contributed by atoms with Crippen LogP contribution in [0.1, 0.15) is 39.2 Å². The van der Waals surface area contributed by atoms with Crippen molar-refractivity contribution in [2.45, 2.75) is 40.5 Å². The number of benzene rings is 1. The maximum Gasteiger partial charge on any atom is 0.0658 e. The number of aliphatic imine (C=N–C) groups is 1. The van der Waals surface area contributed by atoms with E-state index in [1.165, 1.54) is 29.8 Å². The lowest BCUT2D eigenvalue weighted by atomic mass is 9.45. The van der Waals surface area contributed by atoms with Crippen molar-refractivity contribution in [2.75, 3.05) is 0 Å². The van der Waals surface area contributed by atoms with Crippen LogP contribution in [0.2, 0.25) is 0 Å². The summed E-state index contributed by atoms with van der Waals surface area (Å²) in [5.74, 6) is 2.43. The highest BCUT2D eigenvalue weighted by atomic mass is 14.8. The third-order valence-corrected chi connectivity index (χ3v) is 5.34. The Bertz CT molecular complexity index is 498. The Hall–Kier alpha value is -1.11. The molecule has 0 aliphatic heterocycles. The van der Waals surface area contributed by atoms with Gasteiger partial charge < -0.3 is 0 Å². The first-order valence-electron chi connectivity index (χ1n) is 7.13. The average Bonchev–Trinajstić information content (AvgIpc) is 2.31. The Labute approximate surface area is 110 Å². The first-order chi connectivity index (χ1) is 8.50. The minimum Gasteiger partial charge on any atom is -0.257 e. The fourth-order valence-corrected chi connectivity index (χ4v) is 4.07. The van der Waals surface area contributed by atoms with Crippen molar-refractivity contribution in [1.82, 2.24) is 0 Å². The van der Waals surface area contributed by atoms with E-state index in [1.54, 1.807) is 0 Å². The molecule has 4 rings (SSSR count). The van der Waals surface area contributed by atoms with Gasteiger partial charge in [0.2, 0.25) is 0 Å². The van der Waals surface area contributed by atoms with Crippen LogP contribution in [0, 0.1) is 30.1 Å². The van der Waals surface area contributed by atoms with Crippen molar-refractivity contribution in [1.29, 1.82) is 0 Å². The van der Waals surface area contributed by atoms with Gasteiger partial charge in [-0.15, -0.1) is 0 Å². The average molecular weight is 241 g/mol. The van der Waals surface area contributed by atoms with Crippen LogP contribution >= 0.6 is 0 Å². The van der Waals surface area contributed by atoms with Crippen molar-refractivity contribution in [2.24, 2.45) is 28.2 Å². The lowest BCUT2D eigenvalue weighted by molar-refractivity contribution is -0.0338. The first kappa shape index (κ1) is 12.0. The van der Waals surface area contributed by atoms with Gasteiger partial charge in [-0.3, -0.25) is 4.99 Å². The highest BCUT2D eigenvalue weighted by Gasteiger charge is 2.55. The third kappa shape index (κ3) is 1.64. The fourth-order valence-electron chi connectivity index (χ4n) is 4.07. The van der Waals surface area contributed by atoms with Crippen LogP contribution in [0.3, 0.4) is 0 Å². The summed E-state index contributed by atoms with van der Waals surface area (Å²) in [4.78, 5) is 5.00. The van der Waals surface area contributed by atoms with E-state index in [0.717, 1.165) is 17.8 Å². The number of hydrogen-bond acceptors (Lipinski definition) is 1. The van der Waals surface area contributed by atoms with Gasteiger partial charge in [-0.25, -0.2) is 0 Å². The van der Waals surface area contributed by atoms with E-state index < -0.39 is 0 Å². The number of fused-ring (bicyclic) bond motifs is 2. The molecule has 1 nitrogen and oxygen atoms in total. The molecule has 0 heterocycles. The van der Waals surface area contributed by atoms with Gasteiger partial charge in [0.05, 0.1) is 5.69 Å². The molecule has 1 heteroatoms. The molecule has 2 bridgehead atoms. The van der Waals surface area contributed by atoms with Gasteiger partial charge in [0.15, 0.2) is 0 Å². The highest BCUT2D eigenvalue weighted by Crippen LogP contribution is 2.60. The van der Waals surface area contributed by atoms with Crippen LogP contribution in [-0.4, -0.2) is 5.71 Å². The Morgan fingerprint density at radius 1 is 1.22 bits per heavy atom. The van der Waals surface area contributed by atoms with E-state index in [1.807, 2.05) is 0 Å². The first-order valence-corrected chi connectivity index (χ1v) is 7.13. The predicted octanol–water partition coefficient (Wildman–Crippen LogP) is 4.77. The molecule has 1 aromatic rings. The largest absolute Gasteiger partial charge is 0.257 e. The Morgan fingerprint density at radius 3 is 2.56 bits per heavy atom. The summed E-state index contributed by atoms with van der Waals surface area (Å²) in [5.41, 5.74) is 4.38. The van der Waals surface area contributed by atoms with Crippen LogP contribution in [0.5, 0.6) is 0 Å². The molecule has 0 saturated heterocycles. The molecule has 3 fully saturated rings.